The number of piperidine rings is 1. The van der Waals surface area contributed by atoms with E-state index in [0.29, 0.717) is 42.3 Å². The average molecular weight is 559 g/mol. The highest BCUT2D eigenvalue weighted by atomic mass is 19.4. The average Bonchev–Trinajstić information content (AvgIpc) is 3.49. The van der Waals surface area contributed by atoms with Gasteiger partial charge in [-0.25, -0.2) is 4.79 Å². The number of likely N-dealkylation sites (tertiary alicyclic amines) is 1. The lowest BCUT2D eigenvalue weighted by molar-refractivity contribution is -0.136. The van der Waals surface area contributed by atoms with Crippen molar-refractivity contribution >= 4 is 5.52 Å². The van der Waals surface area contributed by atoms with E-state index in [0.717, 1.165) is 64.5 Å². The van der Waals surface area contributed by atoms with Crippen LogP contribution in [0.3, 0.4) is 0 Å². The zero-order chi connectivity index (χ0) is 28.0. The van der Waals surface area contributed by atoms with Gasteiger partial charge in [-0.2, -0.15) is 18.4 Å². The lowest BCUT2D eigenvalue weighted by Gasteiger charge is -2.45. The molecule has 2 aromatic rings. The fraction of sp³-hybridized carbons (Fsp3) is 0.733. The Kier molecular flexibility index (Phi) is 7.75. The molecule has 40 heavy (non-hydrogen) atoms. The first-order valence-electron chi connectivity index (χ1n) is 15.2. The first-order valence-corrected chi connectivity index (χ1v) is 15.2. The summed E-state index contributed by atoms with van der Waals surface area (Å²) in [6.45, 7) is 4.94. The molecular formula is C30H41F3N6O. The topological polar surface area (TPSA) is 77.5 Å². The van der Waals surface area contributed by atoms with Gasteiger partial charge in [-0.1, -0.05) is 32.6 Å². The molecule has 4 fully saturated rings. The molecule has 2 saturated heterocycles. The molecule has 0 bridgehead atoms. The summed E-state index contributed by atoms with van der Waals surface area (Å²) in [7, 11) is 0. The van der Waals surface area contributed by atoms with Crippen LogP contribution in [0.4, 0.5) is 13.2 Å². The minimum Gasteiger partial charge on any atom is -0.299 e. The molecule has 10 heteroatoms. The van der Waals surface area contributed by atoms with E-state index in [-0.39, 0.29) is 29.2 Å². The molecule has 2 saturated carbocycles. The van der Waals surface area contributed by atoms with Gasteiger partial charge >= 0.3 is 11.9 Å². The van der Waals surface area contributed by atoms with Gasteiger partial charge in [0.1, 0.15) is 0 Å². The number of halogens is 3. The Morgan fingerprint density at radius 3 is 2.58 bits per heavy atom. The van der Waals surface area contributed by atoms with Gasteiger partial charge in [0.25, 0.3) is 0 Å². The van der Waals surface area contributed by atoms with Gasteiger partial charge in [0, 0.05) is 44.1 Å². The summed E-state index contributed by atoms with van der Waals surface area (Å²) in [5, 5.41) is 9.76. The molecule has 4 heterocycles. The number of nitriles is 1. The molecule has 218 valence electrons. The van der Waals surface area contributed by atoms with Crippen molar-refractivity contribution in [3.63, 3.8) is 0 Å². The Labute approximate surface area is 233 Å². The second-order valence-corrected chi connectivity index (χ2v) is 13.0. The van der Waals surface area contributed by atoms with Crippen molar-refractivity contribution < 1.29 is 13.2 Å². The Bertz CT molecular complexity index is 1310. The Balaban J connectivity index is 1.31. The summed E-state index contributed by atoms with van der Waals surface area (Å²) in [5.74, 6) is 1.63. The molecule has 2 N–H and O–H groups in total. The van der Waals surface area contributed by atoms with Crippen LogP contribution in [-0.4, -0.2) is 39.5 Å². The van der Waals surface area contributed by atoms with Crippen LogP contribution in [0.5, 0.6) is 0 Å². The van der Waals surface area contributed by atoms with Gasteiger partial charge in [-0.3, -0.25) is 24.7 Å². The molecular weight excluding hydrogens is 517 g/mol. The fourth-order valence-electron chi connectivity index (χ4n) is 8.13. The maximum Gasteiger partial charge on any atom is 0.418 e. The van der Waals surface area contributed by atoms with E-state index in [4.69, 9.17) is 0 Å². The van der Waals surface area contributed by atoms with Gasteiger partial charge in [0.05, 0.1) is 23.1 Å². The zero-order valence-corrected chi connectivity index (χ0v) is 23.3. The summed E-state index contributed by atoms with van der Waals surface area (Å²) in [5.41, 5.74) is 5.93. The van der Waals surface area contributed by atoms with Crippen molar-refractivity contribution in [3.8, 4) is 6.07 Å². The molecule has 6 atom stereocenters. The summed E-state index contributed by atoms with van der Waals surface area (Å²) in [4.78, 5) is 15.9. The summed E-state index contributed by atoms with van der Waals surface area (Å²) < 4.78 is 45.7. The van der Waals surface area contributed by atoms with E-state index in [1.54, 1.807) is 10.8 Å². The van der Waals surface area contributed by atoms with Gasteiger partial charge in [-0.05, 0) is 74.0 Å². The first-order chi connectivity index (χ1) is 19.2. The van der Waals surface area contributed by atoms with E-state index >= 15 is 0 Å². The molecule has 6 rings (SSSR count). The van der Waals surface area contributed by atoms with Gasteiger partial charge in [0.2, 0.25) is 0 Å². The van der Waals surface area contributed by atoms with Crippen LogP contribution < -0.4 is 16.5 Å². The van der Waals surface area contributed by atoms with Crippen molar-refractivity contribution in [2.45, 2.75) is 89.5 Å². The molecule has 2 aliphatic carbocycles. The minimum absolute atomic E-state index is 0.0582. The van der Waals surface area contributed by atoms with E-state index in [9.17, 15) is 23.2 Å². The van der Waals surface area contributed by atoms with E-state index in [1.807, 2.05) is 0 Å². The summed E-state index contributed by atoms with van der Waals surface area (Å²) in [6.07, 6.45) is 7.74. The predicted molar refractivity (Wildman–Crippen MR) is 146 cm³/mol. The first kappa shape index (κ1) is 27.8. The number of fused-ring (bicyclic) bond motifs is 1. The molecule has 2 aliphatic heterocycles. The van der Waals surface area contributed by atoms with Gasteiger partial charge in [0.15, 0.2) is 0 Å². The van der Waals surface area contributed by atoms with Crippen molar-refractivity contribution in [1.82, 2.24) is 24.7 Å². The second-order valence-electron chi connectivity index (χ2n) is 13.0. The van der Waals surface area contributed by atoms with Crippen LogP contribution in [0.15, 0.2) is 23.3 Å². The van der Waals surface area contributed by atoms with E-state index in [1.165, 1.54) is 23.1 Å². The monoisotopic (exact) mass is 558 g/mol. The lowest BCUT2D eigenvalue weighted by Crippen LogP contribution is -2.47. The molecule has 0 amide bonds. The fourth-order valence-corrected chi connectivity index (χ4v) is 8.13. The number of pyridine rings is 1. The number of nitrogens with one attached hydrogen (secondary N) is 2. The van der Waals surface area contributed by atoms with Crippen molar-refractivity contribution in [3.05, 3.63) is 40.1 Å². The number of hydrogen-bond donors (Lipinski definition) is 2. The van der Waals surface area contributed by atoms with Crippen LogP contribution in [0.25, 0.3) is 5.52 Å². The quantitative estimate of drug-likeness (QED) is 0.515. The van der Waals surface area contributed by atoms with Crippen molar-refractivity contribution in [2.75, 3.05) is 19.6 Å². The smallest absolute Gasteiger partial charge is 0.299 e. The van der Waals surface area contributed by atoms with E-state index < -0.39 is 11.7 Å². The van der Waals surface area contributed by atoms with Crippen molar-refractivity contribution in [1.29, 1.82) is 5.26 Å². The highest BCUT2D eigenvalue weighted by Gasteiger charge is 2.45. The minimum atomic E-state index is -4.55. The molecule has 0 aromatic carbocycles. The maximum absolute atomic E-state index is 14.3. The number of rotatable bonds is 6. The third-order valence-corrected chi connectivity index (χ3v) is 10.2. The highest BCUT2D eigenvalue weighted by Crippen LogP contribution is 2.47. The van der Waals surface area contributed by atoms with Crippen molar-refractivity contribution in [2.24, 2.45) is 29.6 Å². The molecule has 2 aromatic heterocycles. The SMILES string of the molecule is C[C@H]1CCCN(Cc2cc(C(F)(F)F)c3cn(C4CCCC([C@H](C5CCC5)C5NNCC5C#N)C4)c(=O)n3c2)C1. The summed E-state index contributed by atoms with van der Waals surface area (Å²) in [6, 6.07) is 3.64. The van der Waals surface area contributed by atoms with Gasteiger partial charge < -0.3 is 0 Å². The summed E-state index contributed by atoms with van der Waals surface area (Å²) >= 11 is 0. The van der Waals surface area contributed by atoms with Crippen LogP contribution >= 0.6 is 0 Å². The molecule has 0 spiro atoms. The van der Waals surface area contributed by atoms with Crippen LogP contribution in [0.2, 0.25) is 0 Å². The zero-order valence-electron chi connectivity index (χ0n) is 23.3. The molecule has 4 aliphatic rings. The Morgan fingerprint density at radius 1 is 1.10 bits per heavy atom. The van der Waals surface area contributed by atoms with Crippen LogP contribution in [0.1, 0.15) is 81.9 Å². The third kappa shape index (κ3) is 5.33. The standard InChI is InChI=1S/C30H41F3N6O/c1-19-5-4-10-37(15-19)16-20-11-25(30(31,32)33)26-18-38(29(40)39(26)17-20)24-9-3-8-22(12-24)27(21-6-2-7-21)28-23(13-34)14-35-36-28/h11,17-19,21-24,27-28,35-36H,2-10,12,14-16H2,1H3/t19-,22?,23?,24?,27-,28?/m0/s1. The molecule has 0 radical (unpaired) electrons. The van der Waals surface area contributed by atoms with Crippen LogP contribution in [-0.2, 0) is 12.7 Å². The number of aromatic nitrogens is 2. The van der Waals surface area contributed by atoms with Crippen LogP contribution in [0, 0.1) is 40.9 Å². The highest BCUT2D eigenvalue weighted by molar-refractivity contribution is 5.56. The molecule has 4 unspecified atom stereocenters. The number of imidazole rings is 1. The number of nitrogens with zero attached hydrogens (tertiary/aromatic N) is 4. The van der Waals surface area contributed by atoms with E-state index in [2.05, 4.69) is 28.7 Å². The third-order valence-electron chi connectivity index (χ3n) is 10.2. The number of hydrogen-bond acceptors (Lipinski definition) is 5. The normalized spacial score (nSPS) is 31.2. The second kappa shape index (κ2) is 11.1. The largest absolute Gasteiger partial charge is 0.418 e. The number of alkyl halides is 3. The Hall–Kier alpha value is -2.35. The lowest BCUT2D eigenvalue weighted by atomic mass is 9.62. The molecule has 7 nitrogen and oxygen atoms in total. The number of hydrazine groups is 1. The predicted octanol–water partition coefficient (Wildman–Crippen LogP) is 5.12. The maximum atomic E-state index is 14.3. The van der Waals surface area contributed by atoms with Gasteiger partial charge in [-0.15, -0.1) is 0 Å². The Morgan fingerprint density at radius 2 is 1.88 bits per heavy atom.